The van der Waals surface area contributed by atoms with Gasteiger partial charge in [-0.3, -0.25) is 0 Å². The summed E-state index contributed by atoms with van der Waals surface area (Å²) >= 11 is 0. The molecule has 0 amide bonds. The van der Waals surface area contributed by atoms with Gasteiger partial charge in [-0.25, -0.2) is 0 Å². The summed E-state index contributed by atoms with van der Waals surface area (Å²) in [6.07, 6.45) is 16.7. The lowest BCUT2D eigenvalue weighted by Gasteiger charge is -2.06. The Kier molecular flexibility index (Phi) is 9.12. The van der Waals surface area contributed by atoms with Crippen LogP contribution in [-0.2, 0) is 12.8 Å². The first-order valence-electron chi connectivity index (χ1n) is 12.5. The van der Waals surface area contributed by atoms with Gasteiger partial charge in [0.1, 0.15) is 22.7 Å². The number of hydrogen-bond acceptors (Lipinski definition) is 3. The van der Waals surface area contributed by atoms with Crippen LogP contribution >= 0.6 is 0 Å². The topological polar surface area (TPSA) is 53.6 Å². The lowest BCUT2D eigenvalue weighted by molar-refractivity contribution is 0.465. The third kappa shape index (κ3) is 6.41. The van der Waals surface area contributed by atoms with Crippen LogP contribution in [0.3, 0.4) is 0 Å². The number of hydrogen-bond donors (Lipinski definition) is 2. The van der Waals surface area contributed by atoms with Crippen molar-refractivity contribution in [1.29, 1.82) is 0 Å². The highest BCUT2D eigenvalue weighted by Gasteiger charge is 2.14. The average Bonchev–Trinajstić information content (AvgIpc) is 3.08. The standard InChI is InChI=1S/C28H40O3/c1-3-5-7-9-11-13-15-21-17-23-24-18-22(16-14-12-10-8-6-4-2)26(30)20-28(24)31-27(23)19-25(21)29/h17-20,29-30H,3-16H2,1-2H3. The van der Waals surface area contributed by atoms with E-state index in [-0.39, 0.29) is 0 Å². The fourth-order valence-corrected chi connectivity index (χ4v) is 4.53. The zero-order valence-corrected chi connectivity index (χ0v) is 19.5. The van der Waals surface area contributed by atoms with E-state index in [0.29, 0.717) is 22.7 Å². The molecule has 0 aliphatic rings. The second kappa shape index (κ2) is 12.0. The van der Waals surface area contributed by atoms with Crippen molar-refractivity contribution in [2.24, 2.45) is 0 Å². The van der Waals surface area contributed by atoms with Gasteiger partial charge in [-0.15, -0.1) is 0 Å². The van der Waals surface area contributed by atoms with E-state index < -0.39 is 0 Å². The van der Waals surface area contributed by atoms with Crippen LogP contribution in [0.25, 0.3) is 21.9 Å². The fourth-order valence-electron chi connectivity index (χ4n) is 4.53. The maximum Gasteiger partial charge on any atom is 0.139 e. The summed E-state index contributed by atoms with van der Waals surface area (Å²) in [4.78, 5) is 0. The van der Waals surface area contributed by atoms with Gasteiger partial charge < -0.3 is 14.6 Å². The molecule has 3 rings (SSSR count). The third-order valence-corrected chi connectivity index (χ3v) is 6.47. The molecular weight excluding hydrogens is 384 g/mol. The van der Waals surface area contributed by atoms with Crippen LogP contribution in [0.1, 0.15) is 102 Å². The van der Waals surface area contributed by atoms with Crippen LogP contribution in [0.4, 0.5) is 0 Å². The van der Waals surface area contributed by atoms with Gasteiger partial charge in [0.2, 0.25) is 0 Å². The van der Waals surface area contributed by atoms with Gasteiger partial charge in [0.05, 0.1) is 0 Å². The number of aryl methyl sites for hydroxylation is 2. The van der Waals surface area contributed by atoms with Gasteiger partial charge in [0.25, 0.3) is 0 Å². The molecule has 0 unspecified atom stereocenters. The first-order chi connectivity index (χ1) is 15.1. The quantitative estimate of drug-likeness (QED) is 0.254. The summed E-state index contributed by atoms with van der Waals surface area (Å²) in [5.41, 5.74) is 3.37. The molecule has 0 fully saturated rings. The molecular formula is C28H40O3. The third-order valence-electron chi connectivity index (χ3n) is 6.47. The summed E-state index contributed by atoms with van der Waals surface area (Å²) in [5, 5.41) is 23.0. The minimum Gasteiger partial charge on any atom is -0.508 e. The smallest absolute Gasteiger partial charge is 0.139 e. The van der Waals surface area contributed by atoms with Crippen LogP contribution in [0.5, 0.6) is 11.5 Å². The number of furan rings is 1. The van der Waals surface area contributed by atoms with Crippen LogP contribution < -0.4 is 0 Å². The Morgan fingerprint density at radius 3 is 1.35 bits per heavy atom. The van der Waals surface area contributed by atoms with Crippen LogP contribution in [0.15, 0.2) is 28.7 Å². The summed E-state index contributed by atoms with van der Waals surface area (Å²) in [7, 11) is 0. The lowest BCUT2D eigenvalue weighted by atomic mass is 9.99. The number of benzene rings is 2. The predicted molar refractivity (Wildman–Crippen MR) is 131 cm³/mol. The highest BCUT2D eigenvalue weighted by atomic mass is 16.3. The maximum atomic E-state index is 10.5. The fraction of sp³-hybridized carbons (Fsp3) is 0.571. The number of aromatic hydroxyl groups is 2. The predicted octanol–water partition coefficient (Wildman–Crippen LogP) is 8.80. The Hall–Kier alpha value is -2.16. The second-order valence-electron chi connectivity index (χ2n) is 9.09. The van der Waals surface area contributed by atoms with Gasteiger partial charge >= 0.3 is 0 Å². The van der Waals surface area contributed by atoms with E-state index >= 15 is 0 Å². The lowest BCUT2D eigenvalue weighted by Crippen LogP contribution is -1.89. The molecule has 1 aromatic heterocycles. The average molecular weight is 425 g/mol. The van der Waals surface area contributed by atoms with Crippen LogP contribution in [0, 0.1) is 0 Å². The zero-order chi connectivity index (χ0) is 22.1. The number of phenolic OH excluding ortho intramolecular Hbond substituents is 2. The molecule has 2 aromatic carbocycles. The first kappa shape index (κ1) is 23.5. The van der Waals surface area contributed by atoms with Crippen molar-refractivity contribution in [2.75, 3.05) is 0 Å². The number of phenols is 2. The molecule has 0 aliphatic heterocycles. The molecule has 0 radical (unpaired) electrons. The molecule has 3 nitrogen and oxygen atoms in total. The molecule has 0 atom stereocenters. The van der Waals surface area contributed by atoms with Crippen molar-refractivity contribution in [1.82, 2.24) is 0 Å². The van der Waals surface area contributed by atoms with Crippen molar-refractivity contribution >= 4 is 21.9 Å². The first-order valence-corrected chi connectivity index (χ1v) is 12.5. The number of fused-ring (bicyclic) bond motifs is 3. The second-order valence-corrected chi connectivity index (χ2v) is 9.09. The van der Waals surface area contributed by atoms with Gasteiger partial charge in [-0.05, 0) is 48.9 Å². The van der Waals surface area contributed by atoms with E-state index in [1.165, 1.54) is 64.2 Å². The van der Waals surface area contributed by atoms with Gasteiger partial charge in [0, 0.05) is 22.9 Å². The van der Waals surface area contributed by atoms with Crippen molar-refractivity contribution in [3.05, 3.63) is 35.4 Å². The van der Waals surface area contributed by atoms with Gasteiger partial charge in [-0.2, -0.15) is 0 Å². The minimum atomic E-state index is 0.316. The van der Waals surface area contributed by atoms with E-state index in [2.05, 4.69) is 26.0 Å². The van der Waals surface area contributed by atoms with Crippen molar-refractivity contribution < 1.29 is 14.6 Å². The summed E-state index contributed by atoms with van der Waals surface area (Å²) in [5.74, 6) is 0.633. The van der Waals surface area contributed by atoms with Crippen molar-refractivity contribution in [2.45, 2.75) is 104 Å². The molecule has 0 spiro atoms. The summed E-state index contributed by atoms with van der Waals surface area (Å²) < 4.78 is 5.94. The van der Waals surface area contributed by atoms with E-state index in [1.54, 1.807) is 12.1 Å². The normalized spacial score (nSPS) is 11.7. The molecule has 2 N–H and O–H groups in total. The van der Waals surface area contributed by atoms with Crippen LogP contribution in [0.2, 0.25) is 0 Å². The van der Waals surface area contributed by atoms with E-state index in [0.717, 1.165) is 47.6 Å². The molecule has 170 valence electrons. The molecule has 31 heavy (non-hydrogen) atoms. The van der Waals surface area contributed by atoms with Crippen molar-refractivity contribution in [3.63, 3.8) is 0 Å². The SMILES string of the molecule is CCCCCCCCc1cc2c(cc1O)oc1cc(O)c(CCCCCCCC)cc12. The largest absolute Gasteiger partial charge is 0.508 e. The van der Waals surface area contributed by atoms with E-state index in [1.807, 2.05) is 0 Å². The Morgan fingerprint density at radius 2 is 0.935 bits per heavy atom. The molecule has 3 aromatic rings. The van der Waals surface area contributed by atoms with Gasteiger partial charge in [0.15, 0.2) is 0 Å². The van der Waals surface area contributed by atoms with E-state index in [4.69, 9.17) is 4.42 Å². The number of rotatable bonds is 14. The number of unbranched alkanes of at least 4 members (excludes halogenated alkanes) is 10. The highest BCUT2D eigenvalue weighted by molar-refractivity contribution is 6.06. The monoisotopic (exact) mass is 424 g/mol. The zero-order valence-electron chi connectivity index (χ0n) is 19.5. The van der Waals surface area contributed by atoms with Gasteiger partial charge in [-0.1, -0.05) is 78.1 Å². The molecule has 0 saturated heterocycles. The highest BCUT2D eigenvalue weighted by Crippen LogP contribution is 2.37. The Labute approximate surface area is 187 Å². The Morgan fingerprint density at radius 1 is 0.548 bits per heavy atom. The molecule has 0 aliphatic carbocycles. The molecule has 0 saturated carbocycles. The van der Waals surface area contributed by atoms with E-state index in [9.17, 15) is 10.2 Å². The minimum absolute atomic E-state index is 0.316. The summed E-state index contributed by atoms with van der Waals surface area (Å²) in [6, 6.07) is 7.67. The summed E-state index contributed by atoms with van der Waals surface area (Å²) in [6.45, 7) is 4.47. The maximum absolute atomic E-state index is 10.5. The molecule has 0 bridgehead atoms. The van der Waals surface area contributed by atoms with Crippen LogP contribution in [-0.4, -0.2) is 10.2 Å². The molecule has 1 heterocycles. The molecule has 3 heteroatoms. The van der Waals surface area contributed by atoms with Crippen molar-refractivity contribution in [3.8, 4) is 11.5 Å². The Bertz CT molecular complexity index is 878. The Balaban J connectivity index is 1.71.